The molecule has 2 aromatic heterocycles. The van der Waals surface area contributed by atoms with E-state index in [9.17, 15) is 9.90 Å². The number of hydrogen-bond acceptors (Lipinski definition) is 3. The van der Waals surface area contributed by atoms with Gasteiger partial charge in [0, 0.05) is 23.5 Å². The molecule has 0 aliphatic carbocycles. The van der Waals surface area contributed by atoms with Crippen LogP contribution < -0.4 is 5.32 Å². The Morgan fingerprint density at radius 1 is 1.00 bits per heavy atom. The van der Waals surface area contributed by atoms with Crippen molar-refractivity contribution in [1.29, 1.82) is 0 Å². The van der Waals surface area contributed by atoms with Gasteiger partial charge in [-0.1, -0.05) is 29.8 Å². The first-order valence-corrected chi connectivity index (χ1v) is 9.33. The maximum atomic E-state index is 12.4. The number of aromatic hydroxyl groups is 1. The van der Waals surface area contributed by atoms with Crippen LogP contribution in [0.1, 0.15) is 16.8 Å². The monoisotopic (exact) mass is 383 g/mol. The van der Waals surface area contributed by atoms with Gasteiger partial charge in [0.2, 0.25) is 5.91 Å². The molecule has 0 aliphatic rings. The van der Waals surface area contributed by atoms with Crippen LogP contribution in [0.2, 0.25) is 0 Å². The van der Waals surface area contributed by atoms with Crippen LogP contribution in [-0.2, 0) is 4.79 Å². The molecule has 2 aromatic carbocycles. The van der Waals surface area contributed by atoms with E-state index in [1.807, 2.05) is 48.7 Å². The quantitative estimate of drug-likeness (QED) is 0.386. The van der Waals surface area contributed by atoms with Crippen LogP contribution >= 0.6 is 0 Å². The van der Waals surface area contributed by atoms with Crippen molar-refractivity contribution in [2.45, 2.75) is 13.8 Å². The third kappa shape index (κ3) is 4.04. The number of imidazole rings is 1. The number of hydrogen-bond donors (Lipinski definition) is 2. The predicted octanol–water partition coefficient (Wildman–Crippen LogP) is 4.98. The number of pyridine rings is 1. The first-order chi connectivity index (χ1) is 14.0. The number of fused-ring (bicyclic) bond motifs is 1. The highest BCUT2D eigenvalue weighted by Gasteiger charge is 2.12. The molecule has 4 aromatic rings. The molecule has 2 N–H and O–H groups in total. The van der Waals surface area contributed by atoms with Gasteiger partial charge in [0.05, 0.1) is 11.4 Å². The molecule has 0 saturated carbocycles. The largest absolute Gasteiger partial charge is 0.508 e. The second-order valence-corrected chi connectivity index (χ2v) is 7.01. The van der Waals surface area contributed by atoms with Gasteiger partial charge in [-0.2, -0.15) is 0 Å². The molecule has 0 bridgehead atoms. The van der Waals surface area contributed by atoms with Crippen LogP contribution in [0.5, 0.6) is 5.75 Å². The molecule has 0 spiro atoms. The lowest BCUT2D eigenvalue weighted by Gasteiger charge is -2.03. The number of phenols is 1. The highest BCUT2D eigenvalue weighted by molar-refractivity contribution is 6.02. The molecule has 144 valence electrons. The Labute approximate surface area is 169 Å². The number of benzene rings is 2. The minimum atomic E-state index is -0.257. The van der Waals surface area contributed by atoms with Gasteiger partial charge in [-0.15, -0.1) is 0 Å². The molecular formula is C24H21N3O2. The van der Waals surface area contributed by atoms with Crippen LogP contribution in [0.3, 0.4) is 0 Å². The molecule has 0 fully saturated rings. The van der Waals surface area contributed by atoms with E-state index in [1.165, 1.54) is 23.8 Å². The van der Waals surface area contributed by atoms with Gasteiger partial charge in [-0.05, 0) is 61.9 Å². The van der Waals surface area contributed by atoms with Crippen molar-refractivity contribution in [2.75, 3.05) is 5.32 Å². The van der Waals surface area contributed by atoms with Crippen LogP contribution in [0, 0.1) is 13.8 Å². The van der Waals surface area contributed by atoms with Crippen molar-refractivity contribution >= 4 is 23.3 Å². The number of nitrogens with zero attached hydrogens (tertiary/aromatic N) is 2. The molecule has 0 saturated heterocycles. The molecule has 0 unspecified atom stereocenters. The van der Waals surface area contributed by atoms with Crippen LogP contribution in [0.25, 0.3) is 23.0 Å². The fraction of sp³-hybridized carbons (Fsp3) is 0.0833. The lowest BCUT2D eigenvalue weighted by atomic mass is 10.1. The zero-order chi connectivity index (χ0) is 20.4. The van der Waals surface area contributed by atoms with Gasteiger partial charge < -0.3 is 10.4 Å². The topological polar surface area (TPSA) is 66.6 Å². The number of anilines is 1. The maximum Gasteiger partial charge on any atom is 0.248 e. The molecule has 0 radical (unpaired) electrons. The van der Waals surface area contributed by atoms with E-state index in [0.717, 1.165) is 28.2 Å². The average Bonchev–Trinajstić information content (AvgIpc) is 3.06. The number of phenolic OH excluding ortho intramolecular Hbond substituents is 1. The predicted molar refractivity (Wildman–Crippen MR) is 116 cm³/mol. The first kappa shape index (κ1) is 18.5. The summed E-state index contributed by atoms with van der Waals surface area (Å²) in [6, 6.07) is 18.6. The smallest absolute Gasteiger partial charge is 0.248 e. The lowest BCUT2D eigenvalue weighted by Crippen LogP contribution is -2.07. The van der Waals surface area contributed by atoms with Crippen molar-refractivity contribution in [3.05, 3.63) is 89.8 Å². The molecule has 4 rings (SSSR count). The summed E-state index contributed by atoms with van der Waals surface area (Å²) in [5, 5.41) is 12.1. The number of rotatable bonds is 4. The van der Waals surface area contributed by atoms with Gasteiger partial charge in [0.25, 0.3) is 0 Å². The third-order valence-corrected chi connectivity index (χ3v) is 4.67. The van der Waals surface area contributed by atoms with Gasteiger partial charge in [-0.25, -0.2) is 4.98 Å². The molecule has 0 atom stereocenters. The van der Waals surface area contributed by atoms with E-state index in [4.69, 9.17) is 4.98 Å². The fourth-order valence-corrected chi connectivity index (χ4v) is 3.13. The molecule has 5 nitrogen and oxygen atoms in total. The van der Waals surface area contributed by atoms with Crippen LogP contribution in [-0.4, -0.2) is 20.4 Å². The number of carbonyl (C=O) groups excluding carboxylic acids is 1. The maximum absolute atomic E-state index is 12.4. The average molecular weight is 383 g/mol. The minimum absolute atomic E-state index is 0.155. The van der Waals surface area contributed by atoms with E-state index in [-0.39, 0.29) is 11.7 Å². The van der Waals surface area contributed by atoms with E-state index in [2.05, 4.69) is 17.4 Å². The third-order valence-electron chi connectivity index (χ3n) is 4.67. The highest BCUT2D eigenvalue weighted by Crippen LogP contribution is 2.26. The van der Waals surface area contributed by atoms with Gasteiger partial charge in [0.15, 0.2) is 0 Å². The van der Waals surface area contributed by atoms with Crippen molar-refractivity contribution in [3.63, 3.8) is 0 Å². The first-order valence-electron chi connectivity index (χ1n) is 9.33. The molecule has 1 amide bonds. The number of nitrogens with one attached hydrogen (secondary N) is 1. The second kappa shape index (κ2) is 7.64. The summed E-state index contributed by atoms with van der Waals surface area (Å²) in [5.41, 5.74) is 6.41. The summed E-state index contributed by atoms with van der Waals surface area (Å²) in [5.74, 6) is -0.102. The van der Waals surface area contributed by atoms with E-state index < -0.39 is 0 Å². The molecule has 5 heteroatoms. The summed E-state index contributed by atoms with van der Waals surface area (Å²) in [6.45, 7) is 4.08. The van der Waals surface area contributed by atoms with Crippen LogP contribution in [0.15, 0.2) is 72.9 Å². The number of aromatic nitrogens is 2. The van der Waals surface area contributed by atoms with E-state index in [1.54, 1.807) is 18.2 Å². The van der Waals surface area contributed by atoms with Crippen molar-refractivity contribution in [1.82, 2.24) is 9.38 Å². The summed E-state index contributed by atoms with van der Waals surface area (Å²) in [4.78, 5) is 17.2. The number of aryl methyl sites for hydroxylation is 2. The highest BCUT2D eigenvalue weighted by atomic mass is 16.3. The Kier molecular flexibility index (Phi) is 4.87. The van der Waals surface area contributed by atoms with E-state index >= 15 is 0 Å². The fourth-order valence-electron chi connectivity index (χ4n) is 3.13. The van der Waals surface area contributed by atoms with Crippen molar-refractivity contribution in [2.24, 2.45) is 0 Å². The molecule has 29 heavy (non-hydrogen) atoms. The zero-order valence-electron chi connectivity index (χ0n) is 16.3. The lowest BCUT2D eigenvalue weighted by molar-refractivity contribution is -0.111. The second-order valence-electron chi connectivity index (χ2n) is 7.01. The molecule has 0 aliphatic heterocycles. The summed E-state index contributed by atoms with van der Waals surface area (Å²) < 4.78 is 1.98. The Balaban J connectivity index is 1.70. The number of amides is 1. The summed E-state index contributed by atoms with van der Waals surface area (Å²) in [7, 11) is 0. The SMILES string of the molecule is Cc1ccc(-c2nc3cc(C)ccn3c2/C=C/C(=O)Nc2ccc(O)cc2)cc1. The van der Waals surface area contributed by atoms with E-state index in [0.29, 0.717) is 5.69 Å². The zero-order valence-corrected chi connectivity index (χ0v) is 16.3. The molecule has 2 heterocycles. The Morgan fingerprint density at radius 3 is 2.45 bits per heavy atom. The van der Waals surface area contributed by atoms with Crippen molar-refractivity contribution in [3.8, 4) is 17.0 Å². The van der Waals surface area contributed by atoms with Crippen LogP contribution in [0.4, 0.5) is 5.69 Å². The Bertz CT molecular complexity index is 1200. The standard InChI is InChI=1S/C24H21N3O2/c1-16-3-5-18(6-4-16)24-21(27-14-13-17(2)15-22(27)26-24)11-12-23(29)25-19-7-9-20(28)10-8-19/h3-15,28H,1-2H3,(H,25,29)/b12-11+. The minimum Gasteiger partial charge on any atom is -0.508 e. The van der Waals surface area contributed by atoms with Gasteiger partial charge >= 0.3 is 0 Å². The van der Waals surface area contributed by atoms with Gasteiger partial charge in [-0.3, -0.25) is 9.20 Å². The normalized spacial score (nSPS) is 11.2. The summed E-state index contributed by atoms with van der Waals surface area (Å²) >= 11 is 0. The number of carbonyl (C=O) groups is 1. The Morgan fingerprint density at radius 2 is 1.72 bits per heavy atom. The van der Waals surface area contributed by atoms with Crippen molar-refractivity contribution < 1.29 is 9.90 Å². The summed E-state index contributed by atoms with van der Waals surface area (Å²) in [6.07, 6.45) is 5.24. The van der Waals surface area contributed by atoms with Gasteiger partial charge in [0.1, 0.15) is 11.4 Å². The Hall–Kier alpha value is -3.86. The molecular weight excluding hydrogens is 362 g/mol.